The molecule has 8 nitrogen and oxygen atoms in total. The first-order valence-corrected chi connectivity index (χ1v) is 13.2. The van der Waals surface area contributed by atoms with Gasteiger partial charge in [-0.1, -0.05) is 12.1 Å². The van der Waals surface area contributed by atoms with Crippen molar-refractivity contribution in [3.8, 4) is 5.75 Å². The van der Waals surface area contributed by atoms with E-state index in [1.807, 2.05) is 12.1 Å². The second-order valence-corrected chi connectivity index (χ2v) is 11.3. The van der Waals surface area contributed by atoms with Crippen molar-refractivity contribution < 1.29 is 5.11 Å². The average molecular weight is 488 g/mol. The van der Waals surface area contributed by atoms with Crippen LogP contribution in [0.1, 0.15) is 55.0 Å². The monoisotopic (exact) mass is 487 g/mol. The van der Waals surface area contributed by atoms with Gasteiger partial charge in [0.2, 0.25) is 0 Å². The lowest BCUT2D eigenvalue weighted by Crippen LogP contribution is -2.53. The Morgan fingerprint density at radius 1 is 1.06 bits per heavy atom. The van der Waals surface area contributed by atoms with E-state index in [2.05, 4.69) is 22.6 Å². The number of phenols is 1. The van der Waals surface area contributed by atoms with Crippen molar-refractivity contribution in [2.45, 2.75) is 43.4 Å². The zero-order valence-corrected chi connectivity index (χ0v) is 20.7. The third-order valence-electron chi connectivity index (χ3n) is 9.15. The van der Waals surface area contributed by atoms with Crippen molar-refractivity contribution in [2.24, 2.45) is 35.0 Å². The minimum Gasteiger partial charge on any atom is -0.507 e. The lowest BCUT2D eigenvalue weighted by atomic mass is 9.54. The Balaban J connectivity index is 1.20. The van der Waals surface area contributed by atoms with Crippen molar-refractivity contribution in [3.63, 3.8) is 0 Å². The van der Waals surface area contributed by atoms with Crippen LogP contribution in [0.4, 0.5) is 0 Å². The minimum absolute atomic E-state index is 0.122. The number of allylic oxidation sites excluding steroid dienone is 1. The number of aromatic hydroxyl groups is 1. The van der Waals surface area contributed by atoms with Gasteiger partial charge in [-0.05, 0) is 92.6 Å². The summed E-state index contributed by atoms with van der Waals surface area (Å²) in [4.78, 5) is 12.2. The van der Waals surface area contributed by atoms with Crippen LogP contribution in [0.5, 0.6) is 5.75 Å². The highest BCUT2D eigenvalue weighted by Gasteiger charge is 2.63. The summed E-state index contributed by atoms with van der Waals surface area (Å²) >= 11 is 0. The Morgan fingerprint density at radius 2 is 1.81 bits per heavy atom. The Kier molecular flexibility index (Phi) is 5.79. The molecule has 2 saturated carbocycles. The molecule has 190 valence electrons. The quantitative estimate of drug-likeness (QED) is 0.405. The Bertz CT molecular complexity index is 1180. The summed E-state index contributed by atoms with van der Waals surface area (Å²) in [6.07, 6.45) is 11.8. The number of hydrogen-bond donors (Lipinski definition) is 5. The first kappa shape index (κ1) is 23.2. The molecule has 0 spiro atoms. The van der Waals surface area contributed by atoms with E-state index in [1.165, 1.54) is 24.8 Å². The molecule has 4 atom stereocenters. The van der Waals surface area contributed by atoms with Crippen molar-refractivity contribution >= 4 is 5.70 Å². The predicted octanol–water partition coefficient (Wildman–Crippen LogP) is 2.33. The fourth-order valence-corrected chi connectivity index (χ4v) is 7.47. The lowest BCUT2D eigenvalue weighted by molar-refractivity contribution is 0.0275. The smallest absolute Gasteiger partial charge is 0.134 e. The Labute approximate surface area is 212 Å². The van der Waals surface area contributed by atoms with Crippen LogP contribution in [-0.4, -0.2) is 46.2 Å². The first-order chi connectivity index (χ1) is 17.4. The molecule has 4 fully saturated rings. The molecule has 2 aliphatic heterocycles. The zero-order valence-electron chi connectivity index (χ0n) is 20.7. The Hall–Kier alpha value is -3.26. The molecule has 8 N–H and O–H groups in total. The lowest BCUT2D eigenvalue weighted by Gasteiger charge is -2.52. The molecule has 2 aliphatic carbocycles. The average Bonchev–Trinajstić information content (AvgIpc) is 3.07. The van der Waals surface area contributed by atoms with Gasteiger partial charge in [-0.15, -0.1) is 0 Å². The van der Waals surface area contributed by atoms with Gasteiger partial charge in [-0.2, -0.15) is 0 Å². The second-order valence-electron chi connectivity index (χ2n) is 11.3. The first-order valence-electron chi connectivity index (χ1n) is 13.2. The highest BCUT2D eigenvalue weighted by molar-refractivity contribution is 5.69. The zero-order chi connectivity index (χ0) is 24.9. The van der Waals surface area contributed by atoms with Crippen LogP contribution in [-0.2, 0) is 5.41 Å². The number of benzene rings is 1. The van der Waals surface area contributed by atoms with Crippen molar-refractivity contribution in [1.82, 2.24) is 20.2 Å². The number of para-hydroxylation sites is 1. The van der Waals surface area contributed by atoms with Crippen LogP contribution in [0.2, 0.25) is 0 Å². The van der Waals surface area contributed by atoms with Gasteiger partial charge in [0.25, 0.3) is 0 Å². The molecule has 0 amide bonds. The molecular formula is C28H37N7O. The van der Waals surface area contributed by atoms with Gasteiger partial charge < -0.3 is 32.5 Å². The highest BCUT2D eigenvalue weighted by Crippen LogP contribution is 2.64. The van der Waals surface area contributed by atoms with Crippen LogP contribution in [0, 0.1) is 17.8 Å². The molecule has 1 aromatic carbocycles. The summed E-state index contributed by atoms with van der Waals surface area (Å²) in [5.74, 6) is 3.71. The van der Waals surface area contributed by atoms with Crippen LogP contribution in [0.15, 0.2) is 54.3 Å². The fourth-order valence-electron chi connectivity index (χ4n) is 7.47. The van der Waals surface area contributed by atoms with Gasteiger partial charge in [0.05, 0.1) is 5.70 Å². The number of hydrogen-bond acceptors (Lipinski definition) is 8. The van der Waals surface area contributed by atoms with E-state index in [0.717, 1.165) is 50.5 Å². The number of nitrogens with two attached hydrogens (primary N) is 3. The van der Waals surface area contributed by atoms with Crippen LogP contribution in [0.25, 0.3) is 5.70 Å². The normalized spacial score (nSPS) is 29.9. The summed E-state index contributed by atoms with van der Waals surface area (Å²) < 4.78 is 0. The molecule has 2 aromatic rings. The molecule has 6 rings (SSSR count). The van der Waals surface area contributed by atoms with Crippen molar-refractivity contribution in [1.29, 1.82) is 0 Å². The van der Waals surface area contributed by atoms with E-state index < -0.39 is 0 Å². The summed E-state index contributed by atoms with van der Waals surface area (Å²) in [5, 5.41) is 13.7. The van der Waals surface area contributed by atoms with Gasteiger partial charge in [0.15, 0.2) is 0 Å². The summed E-state index contributed by atoms with van der Waals surface area (Å²) in [5.41, 5.74) is 21.9. The molecule has 2 saturated heterocycles. The SMILES string of the molecule is NC(N)=C(/C=C(\N)c1ccccc1O)N1CC2CC3C(C1)CC3(c1ncc(C3CCNCC3)cn1)C2. The molecule has 2 bridgehead atoms. The van der Waals surface area contributed by atoms with Gasteiger partial charge in [-0.25, -0.2) is 9.97 Å². The molecule has 0 radical (unpaired) electrons. The number of piperidine rings is 1. The largest absolute Gasteiger partial charge is 0.507 e. The Morgan fingerprint density at radius 3 is 2.53 bits per heavy atom. The van der Waals surface area contributed by atoms with E-state index in [0.29, 0.717) is 34.9 Å². The topological polar surface area (TPSA) is 139 Å². The number of likely N-dealkylation sites (tertiary alicyclic amines) is 1. The van der Waals surface area contributed by atoms with Crippen molar-refractivity contribution in [2.75, 3.05) is 26.2 Å². The molecule has 3 heterocycles. The third kappa shape index (κ3) is 3.88. The summed E-state index contributed by atoms with van der Waals surface area (Å²) in [6, 6.07) is 7.06. The molecule has 4 aliphatic rings. The van der Waals surface area contributed by atoms with Crippen LogP contribution < -0.4 is 22.5 Å². The number of nitrogens with one attached hydrogen (secondary N) is 1. The fraction of sp³-hybridized carbons (Fsp3) is 0.500. The van der Waals surface area contributed by atoms with Gasteiger partial charge >= 0.3 is 0 Å². The summed E-state index contributed by atoms with van der Waals surface area (Å²) in [6.45, 7) is 3.94. The van der Waals surface area contributed by atoms with E-state index in [1.54, 1.807) is 18.2 Å². The second kappa shape index (κ2) is 9.00. The van der Waals surface area contributed by atoms with Gasteiger partial charge in [-0.3, -0.25) is 0 Å². The standard InChI is InChI=1S/C28H37N7O/c29-23(21-3-1-2-4-25(21)36)10-24(26(30)31)35-15-17-9-22-19(16-35)12-28(22,11-17)27-33-13-20(14-34-27)18-5-7-32-8-6-18/h1-4,10,13-14,17-19,22,32,36H,5-9,11-12,15-16,29-31H2/b23-10-. The van der Waals surface area contributed by atoms with Crippen molar-refractivity contribution in [3.05, 3.63) is 71.2 Å². The number of aromatic nitrogens is 2. The summed E-state index contributed by atoms with van der Waals surface area (Å²) in [7, 11) is 0. The maximum Gasteiger partial charge on any atom is 0.134 e. The molecule has 4 unspecified atom stereocenters. The minimum atomic E-state index is 0.122. The predicted molar refractivity (Wildman–Crippen MR) is 140 cm³/mol. The maximum absolute atomic E-state index is 10.2. The van der Waals surface area contributed by atoms with E-state index >= 15 is 0 Å². The van der Waals surface area contributed by atoms with Crippen LogP contribution in [0.3, 0.4) is 0 Å². The molecular weight excluding hydrogens is 450 g/mol. The van der Waals surface area contributed by atoms with Crippen LogP contribution >= 0.6 is 0 Å². The van der Waals surface area contributed by atoms with Gasteiger partial charge in [0.1, 0.15) is 17.4 Å². The highest BCUT2D eigenvalue weighted by atomic mass is 16.3. The molecule has 36 heavy (non-hydrogen) atoms. The molecule has 8 heteroatoms. The maximum atomic E-state index is 10.2. The third-order valence-corrected chi connectivity index (χ3v) is 9.15. The van der Waals surface area contributed by atoms with E-state index in [-0.39, 0.29) is 17.0 Å². The number of rotatable bonds is 5. The number of nitrogens with zero attached hydrogens (tertiary/aromatic N) is 3. The van der Waals surface area contributed by atoms with E-state index in [4.69, 9.17) is 27.2 Å². The van der Waals surface area contributed by atoms with Gasteiger partial charge in [0, 0.05) is 42.2 Å². The number of fused-ring (bicyclic) bond motifs is 1. The van der Waals surface area contributed by atoms with E-state index in [9.17, 15) is 5.11 Å². The number of phenolic OH excluding ortho intramolecular Hbond substituents is 1. The molecule has 1 aromatic heterocycles.